The van der Waals surface area contributed by atoms with E-state index >= 15 is 0 Å². The van der Waals surface area contributed by atoms with Crippen LogP contribution in [-0.2, 0) is 0 Å². The highest BCUT2D eigenvalue weighted by molar-refractivity contribution is 8.01. The van der Waals surface area contributed by atoms with E-state index in [-0.39, 0.29) is 0 Å². The average molecular weight is 282 g/mol. The molecule has 2 heterocycles. The number of anilines is 1. The summed E-state index contributed by atoms with van der Waals surface area (Å²) in [4.78, 5) is 11.3. The topological polar surface area (TPSA) is 61.3 Å². The van der Waals surface area contributed by atoms with Gasteiger partial charge in [0.2, 0.25) is 5.95 Å². The molecular weight excluding hydrogens is 260 g/mol. The van der Waals surface area contributed by atoms with Crippen LogP contribution in [0.2, 0.25) is 0 Å². The molecule has 1 aromatic rings. The van der Waals surface area contributed by atoms with Crippen LogP contribution in [0.3, 0.4) is 0 Å². The van der Waals surface area contributed by atoms with E-state index in [4.69, 9.17) is 5.11 Å². The van der Waals surface area contributed by atoms with Gasteiger partial charge in [-0.2, -0.15) is 0 Å². The molecular formula is C13H22N4OS. The smallest absolute Gasteiger partial charge is 0.233 e. The maximum absolute atomic E-state index is 7.00. The Morgan fingerprint density at radius 2 is 2.16 bits per heavy atom. The zero-order chi connectivity index (χ0) is 13.7. The first-order chi connectivity index (χ1) is 9.33. The van der Waals surface area contributed by atoms with Gasteiger partial charge in [-0.05, 0) is 57.3 Å². The summed E-state index contributed by atoms with van der Waals surface area (Å²) in [5.74, 6) is 0.764. The van der Waals surface area contributed by atoms with Crippen LogP contribution in [0.25, 0.3) is 0 Å². The quantitative estimate of drug-likeness (QED) is 0.825. The van der Waals surface area contributed by atoms with Crippen molar-refractivity contribution in [1.29, 1.82) is 0 Å². The van der Waals surface area contributed by atoms with Gasteiger partial charge in [-0.15, -0.1) is 0 Å². The first kappa shape index (κ1) is 14.6. The van der Waals surface area contributed by atoms with E-state index in [1.54, 1.807) is 11.9 Å². The van der Waals surface area contributed by atoms with Crippen molar-refractivity contribution in [3.05, 3.63) is 18.0 Å². The van der Waals surface area contributed by atoms with Crippen molar-refractivity contribution < 1.29 is 5.11 Å². The lowest BCUT2D eigenvalue weighted by Gasteiger charge is -2.18. The van der Waals surface area contributed by atoms with Crippen LogP contribution in [0.5, 0.6) is 0 Å². The van der Waals surface area contributed by atoms with E-state index in [1.165, 1.54) is 32.2 Å². The molecule has 0 aromatic carbocycles. The van der Waals surface area contributed by atoms with E-state index in [0.717, 1.165) is 24.0 Å². The van der Waals surface area contributed by atoms with Gasteiger partial charge in [0.05, 0.1) is 11.7 Å². The van der Waals surface area contributed by atoms with Crippen LogP contribution in [0, 0.1) is 0 Å². The second-order valence-electron chi connectivity index (χ2n) is 4.86. The molecule has 2 aliphatic rings. The molecule has 1 aliphatic carbocycles. The Morgan fingerprint density at radius 3 is 2.79 bits per heavy atom. The lowest BCUT2D eigenvalue weighted by molar-refractivity contribution is 0.312. The molecule has 1 atom stereocenters. The summed E-state index contributed by atoms with van der Waals surface area (Å²) < 4.78 is 3.26. The van der Waals surface area contributed by atoms with Gasteiger partial charge < -0.3 is 5.11 Å². The summed E-state index contributed by atoms with van der Waals surface area (Å²) in [7, 11) is 3.17. The van der Waals surface area contributed by atoms with E-state index in [9.17, 15) is 0 Å². The molecule has 1 aliphatic heterocycles. The van der Waals surface area contributed by atoms with Gasteiger partial charge in [0.1, 0.15) is 0 Å². The Morgan fingerprint density at radius 1 is 1.37 bits per heavy atom. The molecule has 1 aromatic heterocycles. The Balaban J connectivity index is 0.000000637. The highest BCUT2D eigenvalue weighted by atomic mass is 32.2. The van der Waals surface area contributed by atoms with Crippen molar-refractivity contribution in [3.8, 4) is 0 Å². The lowest BCUT2D eigenvalue weighted by atomic mass is 10.1. The fourth-order valence-corrected chi connectivity index (χ4v) is 2.96. The first-order valence-corrected chi connectivity index (χ1v) is 7.60. The molecule has 5 nitrogen and oxygen atoms in total. The highest BCUT2D eigenvalue weighted by Gasteiger charge is 2.25. The number of hydrogen-bond donors (Lipinski definition) is 2. The molecule has 19 heavy (non-hydrogen) atoms. The maximum Gasteiger partial charge on any atom is 0.233 e. The second kappa shape index (κ2) is 7.07. The number of aliphatic hydroxyl groups excluding tert-OH is 1. The van der Waals surface area contributed by atoms with Gasteiger partial charge in [-0.3, -0.25) is 9.62 Å². The van der Waals surface area contributed by atoms with Crippen molar-refractivity contribution in [1.82, 2.24) is 14.9 Å². The minimum Gasteiger partial charge on any atom is -0.400 e. The molecule has 6 heteroatoms. The number of aliphatic hydroxyl groups is 1. The number of rotatable bonds is 4. The summed E-state index contributed by atoms with van der Waals surface area (Å²) in [5.41, 5.74) is 1.15. The van der Waals surface area contributed by atoms with Crippen molar-refractivity contribution in [2.45, 2.75) is 37.0 Å². The van der Waals surface area contributed by atoms with Gasteiger partial charge in [0.15, 0.2) is 0 Å². The monoisotopic (exact) mass is 282 g/mol. The van der Waals surface area contributed by atoms with Crippen LogP contribution in [0.1, 0.15) is 37.4 Å². The van der Waals surface area contributed by atoms with Gasteiger partial charge in [-0.25, -0.2) is 9.97 Å². The van der Waals surface area contributed by atoms with Crippen molar-refractivity contribution >= 4 is 17.9 Å². The van der Waals surface area contributed by atoms with Gasteiger partial charge in [-0.1, -0.05) is 0 Å². The zero-order valence-corrected chi connectivity index (χ0v) is 12.4. The predicted octanol–water partition coefficient (Wildman–Crippen LogP) is 2.07. The molecule has 1 unspecified atom stereocenters. The van der Waals surface area contributed by atoms with Gasteiger partial charge in [0.25, 0.3) is 0 Å². The summed E-state index contributed by atoms with van der Waals surface area (Å²) in [6.45, 7) is 1.17. The molecule has 0 amide bonds. The molecule has 2 N–H and O–H groups in total. The van der Waals surface area contributed by atoms with Gasteiger partial charge in [0, 0.05) is 18.6 Å². The molecule has 0 spiro atoms. The summed E-state index contributed by atoms with van der Waals surface area (Å²) >= 11 is 1.76. The minimum absolute atomic E-state index is 0.476. The maximum atomic E-state index is 7.00. The average Bonchev–Trinajstić information content (AvgIpc) is 3.19. The Kier molecular flexibility index (Phi) is 5.42. The van der Waals surface area contributed by atoms with Crippen molar-refractivity contribution in [2.75, 3.05) is 25.4 Å². The Bertz CT molecular complexity index is 400. The third-order valence-electron chi connectivity index (χ3n) is 3.38. The molecule has 2 fully saturated rings. The fourth-order valence-electron chi connectivity index (χ4n) is 2.21. The van der Waals surface area contributed by atoms with Crippen LogP contribution in [0.4, 0.5) is 5.95 Å². The summed E-state index contributed by atoms with van der Waals surface area (Å²) in [6, 6.07) is 2.52. The van der Waals surface area contributed by atoms with E-state index in [2.05, 4.69) is 26.6 Å². The predicted molar refractivity (Wildman–Crippen MR) is 79.0 cm³/mol. The highest BCUT2D eigenvalue weighted by Crippen LogP contribution is 2.34. The van der Waals surface area contributed by atoms with Crippen LogP contribution in [0.15, 0.2) is 12.3 Å². The van der Waals surface area contributed by atoms with Crippen molar-refractivity contribution in [3.63, 3.8) is 0 Å². The van der Waals surface area contributed by atoms with Crippen LogP contribution < -0.4 is 4.72 Å². The second-order valence-corrected chi connectivity index (χ2v) is 5.97. The molecule has 3 rings (SSSR count). The molecule has 106 valence electrons. The third kappa shape index (κ3) is 4.06. The molecule has 1 saturated carbocycles. The minimum atomic E-state index is 0.476. The molecule has 0 bridgehead atoms. The number of likely N-dealkylation sites (tertiary alicyclic amines) is 1. The first-order valence-electron chi connectivity index (χ1n) is 6.72. The molecule has 0 radical (unpaired) electrons. The zero-order valence-electron chi connectivity index (χ0n) is 11.5. The van der Waals surface area contributed by atoms with Crippen LogP contribution in [-0.4, -0.2) is 45.9 Å². The number of aromatic nitrogens is 2. The largest absolute Gasteiger partial charge is 0.400 e. The number of nitrogens with zero attached hydrogens (tertiary/aromatic N) is 3. The fraction of sp³-hybridized carbons (Fsp3) is 0.692. The van der Waals surface area contributed by atoms with Gasteiger partial charge >= 0.3 is 0 Å². The standard InChI is InChI=1S/C12H18N4S.CH4O/c1-16-8-2-3-11(16)10-6-7-13-12(14-10)15-17-9-4-5-9;1-2/h6-7,9,11H,2-5,8H2,1H3,(H,13,14,15);2H,1H3. The van der Waals surface area contributed by atoms with E-state index in [0.29, 0.717) is 6.04 Å². The molecule has 1 saturated heterocycles. The normalized spacial score (nSPS) is 22.8. The SMILES string of the molecule is CN1CCCC1c1ccnc(NSC2CC2)n1.CO. The summed E-state index contributed by atoms with van der Waals surface area (Å²) in [5, 5.41) is 7.77. The Labute approximate surface area is 119 Å². The van der Waals surface area contributed by atoms with Crippen LogP contribution >= 0.6 is 11.9 Å². The van der Waals surface area contributed by atoms with Crippen molar-refractivity contribution in [2.24, 2.45) is 0 Å². The third-order valence-corrected chi connectivity index (χ3v) is 4.49. The number of nitrogens with one attached hydrogen (secondary N) is 1. The van der Waals surface area contributed by atoms with E-state index in [1.807, 2.05) is 12.3 Å². The van der Waals surface area contributed by atoms with E-state index < -0.39 is 0 Å². The lowest BCUT2D eigenvalue weighted by Crippen LogP contribution is -2.18. The Hall–Kier alpha value is -0.850. The number of hydrogen-bond acceptors (Lipinski definition) is 6. The summed E-state index contributed by atoms with van der Waals surface area (Å²) in [6.07, 6.45) is 6.99.